The van der Waals surface area contributed by atoms with Crippen LogP contribution in [0.25, 0.3) is 43.1 Å². The molecule has 0 aliphatic heterocycles. The van der Waals surface area contributed by atoms with Gasteiger partial charge in [0, 0.05) is 6.42 Å². The van der Waals surface area contributed by atoms with Crippen LogP contribution in [-0.2, 0) is 4.79 Å². The molecule has 0 amide bonds. The van der Waals surface area contributed by atoms with E-state index < -0.39 is 5.97 Å². The second-order valence-electron chi connectivity index (χ2n) is 9.93. The van der Waals surface area contributed by atoms with Gasteiger partial charge in [0.2, 0.25) is 0 Å². The first kappa shape index (κ1) is 22.1. The van der Waals surface area contributed by atoms with E-state index in [9.17, 15) is 4.79 Å². The van der Waals surface area contributed by atoms with Gasteiger partial charge >= 0.3 is 5.97 Å². The maximum atomic E-state index is 10.2. The van der Waals surface area contributed by atoms with Crippen LogP contribution < -0.4 is 0 Å². The lowest BCUT2D eigenvalue weighted by atomic mass is 9.89. The molecule has 0 saturated heterocycles. The average Bonchev–Trinajstić information content (AvgIpc) is 2.76. The molecule has 0 heterocycles. The Morgan fingerprint density at radius 2 is 1.06 bits per heavy atom. The van der Waals surface area contributed by atoms with Crippen molar-refractivity contribution in [3.63, 3.8) is 0 Å². The number of benzene rings is 5. The Bertz CT molecular complexity index is 1190. The molecular formula is C30H32O2. The van der Waals surface area contributed by atoms with Gasteiger partial charge in [-0.1, -0.05) is 106 Å². The minimum atomic E-state index is -0.675. The summed E-state index contributed by atoms with van der Waals surface area (Å²) in [5.74, 6) is -0.675. The lowest BCUT2D eigenvalue weighted by molar-refractivity contribution is -0.137. The summed E-state index contributed by atoms with van der Waals surface area (Å²) in [5, 5.41) is 19.3. The predicted octanol–water partition coefficient (Wildman–Crippen LogP) is 8.80. The van der Waals surface area contributed by atoms with Gasteiger partial charge in [-0.2, -0.15) is 0 Å². The monoisotopic (exact) mass is 424 g/mol. The molecule has 1 N–H and O–H groups in total. The molecule has 164 valence electrons. The second-order valence-corrected chi connectivity index (χ2v) is 9.93. The first-order chi connectivity index (χ1) is 15.3. The fourth-order valence-corrected chi connectivity index (χ4v) is 4.69. The normalized spacial score (nSPS) is 11.8. The Kier molecular flexibility index (Phi) is 6.32. The Balaban J connectivity index is 0.000000178. The number of carboxylic acid groups (broad SMARTS) is 1. The van der Waals surface area contributed by atoms with Crippen LogP contribution in [0.5, 0.6) is 0 Å². The number of hydrogen-bond donors (Lipinski definition) is 1. The zero-order valence-corrected chi connectivity index (χ0v) is 19.3. The molecule has 0 spiro atoms. The van der Waals surface area contributed by atoms with E-state index in [1.165, 1.54) is 49.5 Å². The van der Waals surface area contributed by atoms with Crippen molar-refractivity contribution in [2.24, 2.45) is 5.41 Å². The minimum Gasteiger partial charge on any atom is -0.481 e. The van der Waals surface area contributed by atoms with Crippen LogP contribution in [0.1, 0.15) is 52.9 Å². The van der Waals surface area contributed by atoms with E-state index >= 15 is 0 Å². The third kappa shape index (κ3) is 4.70. The summed E-state index contributed by atoms with van der Waals surface area (Å²) in [6.07, 6.45) is 4.53. The number of fused-ring (bicyclic) bond motifs is 2. The summed E-state index contributed by atoms with van der Waals surface area (Å²) in [4.78, 5) is 10.2. The van der Waals surface area contributed by atoms with Crippen molar-refractivity contribution in [2.45, 2.75) is 52.9 Å². The Morgan fingerprint density at radius 1 is 0.656 bits per heavy atom. The van der Waals surface area contributed by atoms with Crippen LogP contribution in [0.4, 0.5) is 0 Å². The van der Waals surface area contributed by atoms with Gasteiger partial charge in [-0.3, -0.25) is 4.79 Å². The number of carbonyl (C=O) groups is 1. The SMILES string of the molecule is CC(C)(C)CCCCCC(=O)O.c1cc2cccc3c4cccc5cccc(c(c1)c23)c54. The topological polar surface area (TPSA) is 37.3 Å². The highest BCUT2D eigenvalue weighted by Gasteiger charge is 2.11. The smallest absolute Gasteiger partial charge is 0.303 e. The molecule has 0 aliphatic rings. The van der Waals surface area contributed by atoms with Gasteiger partial charge in [0.05, 0.1) is 0 Å². The van der Waals surface area contributed by atoms with Crippen LogP contribution >= 0.6 is 0 Å². The maximum Gasteiger partial charge on any atom is 0.303 e. The fraction of sp³-hybridized carbons (Fsp3) is 0.300. The van der Waals surface area contributed by atoms with Gasteiger partial charge in [-0.05, 0) is 61.3 Å². The van der Waals surface area contributed by atoms with Crippen molar-refractivity contribution in [3.8, 4) is 0 Å². The number of hydrogen-bond acceptors (Lipinski definition) is 1. The van der Waals surface area contributed by atoms with E-state index in [-0.39, 0.29) is 0 Å². The number of aliphatic carboxylic acids is 1. The molecule has 5 aromatic rings. The first-order valence-corrected chi connectivity index (χ1v) is 11.6. The fourth-order valence-electron chi connectivity index (χ4n) is 4.69. The molecule has 0 atom stereocenters. The highest BCUT2D eigenvalue weighted by atomic mass is 16.4. The van der Waals surface area contributed by atoms with Crippen LogP contribution in [-0.4, -0.2) is 11.1 Å². The summed E-state index contributed by atoms with van der Waals surface area (Å²) in [7, 11) is 0. The van der Waals surface area contributed by atoms with E-state index in [0.717, 1.165) is 19.3 Å². The summed E-state index contributed by atoms with van der Waals surface area (Å²) >= 11 is 0. The molecule has 2 nitrogen and oxygen atoms in total. The Hall–Kier alpha value is -3.13. The molecule has 0 radical (unpaired) electrons. The quantitative estimate of drug-likeness (QED) is 0.174. The van der Waals surface area contributed by atoms with Crippen LogP contribution in [0.2, 0.25) is 0 Å². The average molecular weight is 425 g/mol. The molecule has 5 aromatic carbocycles. The van der Waals surface area contributed by atoms with Crippen molar-refractivity contribution in [3.05, 3.63) is 72.8 Å². The largest absolute Gasteiger partial charge is 0.481 e. The molecular weight excluding hydrogens is 392 g/mol. The van der Waals surface area contributed by atoms with E-state index in [4.69, 9.17) is 5.11 Å². The molecule has 5 rings (SSSR count). The molecule has 32 heavy (non-hydrogen) atoms. The number of carboxylic acids is 1. The minimum absolute atomic E-state index is 0.324. The van der Waals surface area contributed by atoms with E-state index in [2.05, 4.69) is 93.6 Å². The predicted molar refractivity (Wildman–Crippen MR) is 138 cm³/mol. The third-order valence-corrected chi connectivity index (χ3v) is 6.21. The van der Waals surface area contributed by atoms with E-state index in [1.54, 1.807) is 0 Å². The number of rotatable bonds is 5. The van der Waals surface area contributed by atoms with E-state index in [1.807, 2.05) is 0 Å². The zero-order valence-electron chi connectivity index (χ0n) is 19.3. The first-order valence-electron chi connectivity index (χ1n) is 11.6. The summed E-state index contributed by atoms with van der Waals surface area (Å²) in [6.45, 7) is 6.64. The van der Waals surface area contributed by atoms with Crippen LogP contribution in [0, 0.1) is 5.41 Å². The zero-order chi connectivity index (χ0) is 22.7. The number of unbranched alkanes of at least 4 members (excludes halogenated alkanes) is 2. The molecule has 0 aliphatic carbocycles. The van der Waals surface area contributed by atoms with Crippen molar-refractivity contribution < 1.29 is 9.90 Å². The molecule has 2 heteroatoms. The standard InChI is InChI=1S/C20H12.C10H20O2/c1-5-13-6-2-11-17-18-12-4-8-14-7-3-10-16(20(14)18)15(9-1)19(13)17;1-10(2,3)8-6-4-5-7-9(11)12/h1-12H;4-8H2,1-3H3,(H,11,12). The van der Waals surface area contributed by atoms with Gasteiger partial charge < -0.3 is 5.11 Å². The van der Waals surface area contributed by atoms with Gasteiger partial charge in [0.15, 0.2) is 0 Å². The van der Waals surface area contributed by atoms with Gasteiger partial charge in [-0.15, -0.1) is 0 Å². The van der Waals surface area contributed by atoms with Crippen molar-refractivity contribution >= 4 is 49.1 Å². The van der Waals surface area contributed by atoms with Crippen LogP contribution in [0.3, 0.4) is 0 Å². The van der Waals surface area contributed by atoms with Crippen LogP contribution in [0.15, 0.2) is 72.8 Å². The lowest BCUT2D eigenvalue weighted by Gasteiger charge is -2.17. The molecule has 0 unspecified atom stereocenters. The lowest BCUT2D eigenvalue weighted by Crippen LogP contribution is -2.04. The Labute approximate surface area is 190 Å². The van der Waals surface area contributed by atoms with Gasteiger partial charge in [-0.25, -0.2) is 0 Å². The Morgan fingerprint density at radius 3 is 1.41 bits per heavy atom. The van der Waals surface area contributed by atoms with Gasteiger partial charge in [0.1, 0.15) is 0 Å². The molecule has 0 fully saturated rings. The highest BCUT2D eigenvalue weighted by Crippen LogP contribution is 2.39. The highest BCUT2D eigenvalue weighted by molar-refractivity contribution is 6.32. The summed E-state index contributed by atoms with van der Waals surface area (Å²) in [5.41, 5.74) is 0.392. The third-order valence-electron chi connectivity index (χ3n) is 6.21. The van der Waals surface area contributed by atoms with Crippen molar-refractivity contribution in [1.82, 2.24) is 0 Å². The van der Waals surface area contributed by atoms with Gasteiger partial charge in [0.25, 0.3) is 0 Å². The molecule has 0 bridgehead atoms. The van der Waals surface area contributed by atoms with E-state index in [0.29, 0.717) is 11.8 Å². The summed E-state index contributed by atoms with van der Waals surface area (Å²) in [6, 6.07) is 26.4. The maximum absolute atomic E-state index is 10.2. The van der Waals surface area contributed by atoms with Crippen molar-refractivity contribution in [1.29, 1.82) is 0 Å². The molecule has 0 saturated carbocycles. The molecule has 0 aromatic heterocycles. The van der Waals surface area contributed by atoms with Crippen molar-refractivity contribution in [2.75, 3.05) is 0 Å². The second kappa shape index (κ2) is 9.16. The summed E-state index contributed by atoms with van der Waals surface area (Å²) < 4.78 is 0.